The van der Waals surface area contributed by atoms with Crippen molar-refractivity contribution in [1.29, 1.82) is 0 Å². The number of nitrogen functional groups attached to an aromatic ring is 1. The van der Waals surface area contributed by atoms with Gasteiger partial charge >= 0.3 is 23.9 Å². The van der Waals surface area contributed by atoms with Crippen molar-refractivity contribution < 1.29 is 47.3 Å². The van der Waals surface area contributed by atoms with Crippen LogP contribution in [0.1, 0.15) is 98.5 Å². The molecule has 3 aliphatic heterocycles. The van der Waals surface area contributed by atoms with Crippen LogP contribution in [-0.4, -0.2) is 46.8 Å². The third-order valence-corrected chi connectivity index (χ3v) is 13.2. The molecule has 1 aromatic heterocycles. The number of anilines is 1. The van der Waals surface area contributed by atoms with E-state index in [1.165, 1.54) is 13.0 Å². The van der Waals surface area contributed by atoms with Crippen LogP contribution in [0.15, 0.2) is 21.3 Å². The van der Waals surface area contributed by atoms with E-state index in [1.807, 2.05) is 13.8 Å². The Morgan fingerprint density at radius 1 is 0.766 bits per heavy atom. The average molecular weight is 652 g/mol. The number of ether oxygens (including phenoxy) is 5. The Balaban J connectivity index is 1.38. The molecule has 1 aromatic carbocycles. The van der Waals surface area contributed by atoms with Crippen LogP contribution in [0.4, 0.5) is 5.69 Å². The minimum absolute atomic E-state index is 0.0456. The van der Waals surface area contributed by atoms with Crippen LogP contribution in [0.25, 0.3) is 11.0 Å². The fourth-order valence-electron chi connectivity index (χ4n) is 8.75. The smallest absolute Gasteiger partial charge is 0.351 e. The van der Waals surface area contributed by atoms with Crippen LogP contribution < -0.4 is 15.9 Å². The maximum atomic E-state index is 14.5. The van der Waals surface area contributed by atoms with E-state index in [0.29, 0.717) is 12.8 Å². The van der Waals surface area contributed by atoms with E-state index < -0.39 is 80.0 Å². The molecule has 2 saturated carbocycles. The molecule has 7 rings (SSSR count). The maximum absolute atomic E-state index is 14.5. The van der Waals surface area contributed by atoms with Crippen molar-refractivity contribution in [2.75, 3.05) is 5.73 Å². The topological polar surface area (TPSA) is 171 Å². The summed E-state index contributed by atoms with van der Waals surface area (Å²) in [6, 6.07) is 3.07. The first kappa shape index (κ1) is 31.5. The standard InChI is InChI=1S/C35H41NO11/c1-16-20(36)21(37)17-10-11-18-19(22(17)42-16)23(43-27(40)34-14-12-32(8,25(38)46-34)30(34,4)5)24(29(2,3)45-18)44-28(41)35-15-13-33(9,26(39)47-35)31(35,6)7/h10-11,23-24H,12-15,36H2,1-9H3/t23-,24-,32+,33+,34-,35-/m1/s1. The van der Waals surface area contributed by atoms with Gasteiger partial charge in [0, 0.05) is 10.8 Å². The fraction of sp³-hybridized carbons (Fsp3) is 0.629. The molecule has 12 nitrogen and oxygen atoms in total. The van der Waals surface area contributed by atoms with Gasteiger partial charge in [-0.15, -0.1) is 0 Å². The lowest BCUT2D eigenvalue weighted by atomic mass is 9.66. The van der Waals surface area contributed by atoms with Gasteiger partial charge < -0.3 is 33.8 Å². The summed E-state index contributed by atoms with van der Waals surface area (Å²) in [6.45, 7) is 15.7. The summed E-state index contributed by atoms with van der Waals surface area (Å²) in [5, 5.41) is 0.108. The third-order valence-electron chi connectivity index (χ3n) is 13.2. The van der Waals surface area contributed by atoms with Crippen molar-refractivity contribution in [2.45, 2.75) is 117 Å². The zero-order chi connectivity index (χ0) is 34.5. The van der Waals surface area contributed by atoms with Crippen molar-refractivity contribution in [3.05, 3.63) is 33.7 Å². The molecule has 2 N–H and O–H groups in total. The van der Waals surface area contributed by atoms with Crippen molar-refractivity contribution >= 4 is 40.5 Å². The summed E-state index contributed by atoms with van der Waals surface area (Å²) >= 11 is 0. The van der Waals surface area contributed by atoms with Crippen LogP contribution >= 0.6 is 0 Å². The quantitative estimate of drug-likeness (QED) is 0.361. The highest BCUT2D eigenvalue weighted by molar-refractivity contribution is 5.95. The van der Waals surface area contributed by atoms with E-state index in [4.69, 9.17) is 33.8 Å². The Morgan fingerprint density at radius 3 is 1.74 bits per heavy atom. The van der Waals surface area contributed by atoms with Crippen molar-refractivity contribution in [3.8, 4) is 5.75 Å². The molecule has 4 fully saturated rings. The number of nitrogens with two attached hydrogens (primary N) is 1. The number of benzene rings is 1. The van der Waals surface area contributed by atoms with Crippen molar-refractivity contribution in [3.63, 3.8) is 0 Å². The molecule has 2 aliphatic carbocycles. The highest BCUT2D eigenvalue weighted by Crippen LogP contribution is 2.67. The lowest BCUT2D eigenvalue weighted by Gasteiger charge is -2.45. The monoisotopic (exact) mass is 651 g/mol. The molecule has 47 heavy (non-hydrogen) atoms. The zero-order valence-electron chi connectivity index (χ0n) is 28.2. The number of carbonyl (C=O) groups is 4. The Bertz CT molecular complexity index is 1890. The molecule has 252 valence electrons. The molecule has 5 aliphatic rings. The molecule has 4 bridgehead atoms. The van der Waals surface area contributed by atoms with Gasteiger partial charge in [-0.2, -0.15) is 0 Å². The summed E-state index contributed by atoms with van der Waals surface area (Å²) in [4.78, 5) is 68.2. The number of hydrogen-bond acceptors (Lipinski definition) is 12. The van der Waals surface area contributed by atoms with E-state index in [0.717, 1.165) is 0 Å². The van der Waals surface area contributed by atoms with Gasteiger partial charge in [0.05, 0.1) is 21.8 Å². The highest BCUT2D eigenvalue weighted by atomic mass is 16.7. The van der Waals surface area contributed by atoms with Crippen LogP contribution in [0, 0.1) is 28.6 Å². The average Bonchev–Trinajstić information content (AvgIpc) is 3.45. The second-order valence-electron chi connectivity index (χ2n) is 16.0. The van der Waals surface area contributed by atoms with Crippen molar-refractivity contribution in [1.82, 2.24) is 0 Å². The van der Waals surface area contributed by atoms with E-state index in [2.05, 4.69) is 0 Å². The second kappa shape index (κ2) is 8.87. The minimum Gasteiger partial charge on any atom is -0.483 e. The molecule has 0 radical (unpaired) electrons. The third kappa shape index (κ3) is 3.41. The van der Waals surface area contributed by atoms with Gasteiger partial charge in [-0.05, 0) is 72.4 Å². The number of esters is 4. The van der Waals surface area contributed by atoms with Gasteiger partial charge in [-0.3, -0.25) is 14.4 Å². The summed E-state index contributed by atoms with van der Waals surface area (Å²) < 4.78 is 36.8. The van der Waals surface area contributed by atoms with Crippen LogP contribution in [0.3, 0.4) is 0 Å². The van der Waals surface area contributed by atoms with Crippen molar-refractivity contribution in [2.24, 2.45) is 21.7 Å². The summed E-state index contributed by atoms with van der Waals surface area (Å²) in [6.07, 6.45) is -1.41. The Labute approximate surface area is 271 Å². The van der Waals surface area contributed by atoms with Crippen LogP contribution in [0.2, 0.25) is 0 Å². The number of aryl methyl sites for hydroxylation is 1. The van der Waals surface area contributed by atoms with Gasteiger partial charge in [0.1, 0.15) is 28.4 Å². The van der Waals surface area contributed by atoms with Gasteiger partial charge in [0.2, 0.25) is 16.6 Å². The highest BCUT2D eigenvalue weighted by Gasteiger charge is 2.78. The second-order valence-corrected chi connectivity index (χ2v) is 16.0. The fourth-order valence-corrected chi connectivity index (χ4v) is 8.75. The normalized spacial score (nSPS) is 36.8. The first-order valence-corrected chi connectivity index (χ1v) is 16.1. The van der Waals surface area contributed by atoms with Crippen LogP contribution in [0.5, 0.6) is 5.75 Å². The van der Waals surface area contributed by atoms with E-state index in [9.17, 15) is 24.0 Å². The zero-order valence-corrected chi connectivity index (χ0v) is 28.2. The van der Waals surface area contributed by atoms with Gasteiger partial charge in [-0.1, -0.05) is 27.7 Å². The Morgan fingerprint density at radius 2 is 1.28 bits per heavy atom. The minimum atomic E-state index is -1.61. The number of rotatable bonds is 4. The van der Waals surface area contributed by atoms with Crippen LogP contribution in [-0.2, 0) is 38.1 Å². The molecule has 12 heteroatoms. The molecular weight excluding hydrogens is 610 g/mol. The molecule has 0 unspecified atom stereocenters. The molecule has 0 amide bonds. The van der Waals surface area contributed by atoms with Gasteiger partial charge in [0.15, 0.2) is 12.2 Å². The predicted molar refractivity (Wildman–Crippen MR) is 165 cm³/mol. The Hall–Kier alpha value is -4.09. The van der Waals surface area contributed by atoms with Gasteiger partial charge in [-0.25, -0.2) is 9.59 Å². The number of hydrogen-bond donors (Lipinski definition) is 1. The predicted octanol–water partition coefficient (Wildman–Crippen LogP) is 4.59. The molecule has 2 saturated heterocycles. The summed E-state index contributed by atoms with van der Waals surface area (Å²) in [5.41, 5.74) is -2.53. The molecule has 0 spiro atoms. The largest absolute Gasteiger partial charge is 0.483 e. The van der Waals surface area contributed by atoms with E-state index >= 15 is 0 Å². The summed E-state index contributed by atoms with van der Waals surface area (Å²) in [5.74, 6) is -2.22. The first-order valence-electron chi connectivity index (χ1n) is 16.1. The maximum Gasteiger partial charge on any atom is 0.351 e. The van der Waals surface area contributed by atoms with Gasteiger partial charge in [0.25, 0.3) is 0 Å². The molecule has 2 aromatic rings. The number of fused-ring (bicyclic) bond motifs is 7. The van der Waals surface area contributed by atoms with E-state index in [-0.39, 0.29) is 46.6 Å². The SMILES string of the molecule is Cc1oc2c3c(ccc2c(=O)c1N)OC(C)(C)[C@H](OC(=O)[C@@]12CC[C@@](C)(C(=O)O1)C2(C)C)[C@@H]3OC(=O)[C@@]12CC[C@@](C)(C(=O)O1)C2(C)C. The lowest BCUT2D eigenvalue weighted by molar-refractivity contribution is -0.217. The molecular formula is C35H41NO11. The molecule has 6 atom stereocenters. The lowest BCUT2D eigenvalue weighted by Crippen LogP contribution is -2.57. The molecule has 4 heterocycles. The van der Waals surface area contributed by atoms with E-state index in [1.54, 1.807) is 47.6 Å². The first-order chi connectivity index (χ1) is 21.6. The summed E-state index contributed by atoms with van der Waals surface area (Å²) in [7, 11) is 0. The number of carbonyl (C=O) groups excluding carboxylic acids is 4. The Kier molecular flexibility index (Phi) is 5.95.